The Kier molecular flexibility index (Phi) is 5.29. The molecule has 4 rings (SSSR count). The third kappa shape index (κ3) is 3.66. The number of aromatic nitrogens is 2. The summed E-state index contributed by atoms with van der Waals surface area (Å²) in [7, 11) is 0. The number of thiazole rings is 2. The van der Waals surface area contributed by atoms with E-state index < -0.39 is 0 Å². The van der Waals surface area contributed by atoms with E-state index in [1.54, 1.807) is 16.8 Å². The topological polar surface area (TPSA) is 70.5 Å². The van der Waals surface area contributed by atoms with Gasteiger partial charge in [-0.25, -0.2) is 9.97 Å². The lowest BCUT2D eigenvalue weighted by Crippen LogP contribution is -2.41. The van der Waals surface area contributed by atoms with Crippen molar-refractivity contribution in [1.29, 1.82) is 0 Å². The minimum Gasteiger partial charge on any atom is -0.364 e. The molecule has 9 heteroatoms. The van der Waals surface area contributed by atoms with Crippen LogP contribution in [0.4, 0.5) is 0 Å². The number of carbonyl (C=O) groups is 1. The molecule has 6 nitrogen and oxygen atoms in total. The number of aryl methyl sites for hydroxylation is 2. The molecule has 1 unspecified atom stereocenters. The van der Waals surface area contributed by atoms with Crippen LogP contribution in [-0.2, 0) is 0 Å². The standard InChI is InChI=1S/C18H20ClN5OS2/c1-10-15(26-8-21-10)17-20-7-13(19)14(23-17)12-3-5-24(6-4-12)18(25)16-11(2)22-9-27-16/h7-9,12,17,20H,3-6H2,1-2H3. The number of rotatable bonds is 3. The van der Waals surface area contributed by atoms with E-state index in [4.69, 9.17) is 16.6 Å². The second-order valence-corrected chi connectivity index (χ2v) is 8.86. The fourth-order valence-corrected chi connectivity index (χ4v) is 5.31. The highest BCUT2D eigenvalue weighted by Crippen LogP contribution is 2.32. The smallest absolute Gasteiger partial charge is 0.265 e. The molecule has 0 bridgehead atoms. The Morgan fingerprint density at radius 1 is 1.19 bits per heavy atom. The molecule has 27 heavy (non-hydrogen) atoms. The fourth-order valence-electron chi connectivity index (χ4n) is 3.48. The molecule has 0 aliphatic carbocycles. The Labute approximate surface area is 171 Å². The second kappa shape index (κ2) is 7.69. The van der Waals surface area contributed by atoms with Crippen molar-refractivity contribution < 1.29 is 4.79 Å². The van der Waals surface area contributed by atoms with Crippen LogP contribution in [-0.4, -0.2) is 39.6 Å². The zero-order valence-corrected chi connectivity index (χ0v) is 17.5. The summed E-state index contributed by atoms with van der Waals surface area (Å²) in [6.45, 7) is 5.30. The van der Waals surface area contributed by atoms with Crippen LogP contribution in [0.5, 0.6) is 0 Å². The van der Waals surface area contributed by atoms with E-state index in [1.165, 1.54) is 11.3 Å². The van der Waals surface area contributed by atoms with Gasteiger partial charge in [0.25, 0.3) is 5.91 Å². The van der Waals surface area contributed by atoms with Gasteiger partial charge in [0.15, 0.2) is 6.17 Å². The summed E-state index contributed by atoms with van der Waals surface area (Å²) >= 11 is 9.46. The lowest BCUT2D eigenvalue weighted by molar-refractivity contribution is 0.0714. The molecule has 1 fully saturated rings. The number of likely N-dealkylation sites (tertiary alicyclic amines) is 1. The number of nitrogens with one attached hydrogen (secondary N) is 1. The van der Waals surface area contributed by atoms with Gasteiger partial charge < -0.3 is 10.2 Å². The first kappa shape index (κ1) is 18.6. The van der Waals surface area contributed by atoms with Crippen molar-refractivity contribution in [1.82, 2.24) is 20.2 Å². The first-order valence-electron chi connectivity index (χ1n) is 8.83. The van der Waals surface area contributed by atoms with E-state index in [2.05, 4.69) is 15.3 Å². The van der Waals surface area contributed by atoms with Gasteiger partial charge in [0.2, 0.25) is 0 Å². The molecule has 0 aromatic carbocycles. The van der Waals surface area contributed by atoms with Crippen LogP contribution >= 0.6 is 34.3 Å². The van der Waals surface area contributed by atoms with E-state index in [0.717, 1.165) is 39.7 Å². The van der Waals surface area contributed by atoms with Gasteiger partial charge in [0.1, 0.15) is 4.88 Å². The summed E-state index contributed by atoms with van der Waals surface area (Å²) in [4.78, 5) is 29.8. The number of piperidine rings is 1. The SMILES string of the molecule is Cc1ncsc1C(=O)N1CCC(C2=NC(c3scnc3C)NC=C2Cl)CC1. The summed E-state index contributed by atoms with van der Waals surface area (Å²) in [6.07, 6.45) is 3.43. The van der Waals surface area contributed by atoms with Gasteiger partial charge >= 0.3 is 0 Å². The second-order valence-electron chi connectivity index (χ2n) is 6.71. The molecule has 1 atom stereocenters. The summed E-state index contributed by atoms with van der Waals surface area (Å²) in [5.74, 6) is 0.346. The van der Waals surface area contributed by atoms with Gasteiger partial charge in [0, 0.05) is 25.2 Å². The number of nitrogens with zero attached hydrogens (tertiary/aromatic N) is 4. The zero-order valence-electron chi connectivity index (χ0n) is 15.1. The van der Waals surface area contributed by atoms with Crippen LogP contribution in [0.3, 0.4) is 0 Å². The number of allylic oxidation sites excluding steroid dienone is 1. The molecular weight excluding hydrogens is 402 g/mol. The van der Waals surface area contributed by atoms with Crippen molar-refractivity contribution in [3.63, 3.8) is 0 Å². The number of amides is 1. The Hall–Kier alpha value is -1.77. The Morgan fingerprint density at radius 3 is 2.52 bits per heavy atom. The monoisotopic (exact) mass is 421 g/mol. The molecule has 0 radical (unpaired) electrons. The number of halogens is 1. The normalized spacial score (nSPS) is 20.9. The maximum Gasteiger partial charge on any atom is 0.265 e. The first-order chi connectivity index (χ1) is 13.0. The molecule has 1 amide bonds. The first-order valence-corrected chi connectivity index (χ1v) is 11.0. The summed E-state index contributed by atoms with van der Waals surface area (Å²) in [5, 5.41) is 3.92. The predicted octanol–water partition coefficient (Wildman–Crippen LogP) is 3.89. The lowest BCUT2D eigenvalue weighted by Gasteiger charge is -2.33. The number of hydrogen-bond acceptors (Lipinski definition) is 7. The van der Waals surface area contributed by atoms with E-state index >= 15 is 0 Å². The van der Waals surface area contributed by atoms with Crippen LogP contribution in [0, 0.1) is 19.8 Å². The molecule has 2 aliphatic heterocycles. The average Bonchev–Trinajstić information content (AvgIpc) is 3.30. The third-order valence-electron chi connectivity index (χ3n) is 5.02. The minimum atomic E-state index is -0.130. The molecule has 2 aliphatic rings. The molecule has 1 saturated heterocycles. The molecule has 0 spiro atoms. The largest absolute Gasteiger partial charge is 0.364 e. The van der Waals surface area contributed by atoms with E-state index in [-0.39, 0.29) is 18.0 Å². The van der Waals surface area contributed by atoms with E-state index in [0.29, 0.717) is 18.1 Å². The maximum absolute atomic E-state index is 12.7. The van der Waals surface area contributed by atoms with E-state index in [1.807, 2.05) is 30.5 Å². The van der Waals surface area contributed by atoms with Gasteiger partial charge in [-0.3, -0.25) is 9.79 Å². The summed E-state index contributed by atoms with van der Waals surface area (Å²) in [6, 6.07) is 0. The van der Waals surface area contributed by atoms with Crippen molar-refractivity contribution in [3.05, 3.63) is 43.4 Å². The van der Waals surface area contributed by atoms with Crippen LogP contribution in [0.1, 0.15) is 44.9 Å². The third-order valence-corrected chi connectivity index (χ3v) is 7.22. The van der Waals surface area contributed by atoms with Crippen molar-refractivity contribution >= 4 is 45.9 Å². The molecule has 142 valence electrons. The number of aliphatic imine (C=N–C) groups is 1. The van der Waals surface area contributed by atoms with Gasteiger partial charge in [-0.2, -0.15) is 0 Å². The van der Waals surface area contributed by atoms with Crippen molar-refractivity contribution in [2.24, 2.45) is 10.9 Å². The summed E-state index contributed by atoms with van der Waals surface area (Å²) in [5.41, 5.74) is 6.31. The maximum atomic E-state index is 12.7. The highest BCUT2D eigenvalue weighted by molar-refractivity contribution is 7.11. The molecule has 1 N–H and O–H groups in total. The van der Waals surface area contributed by atoms with Gasteiger partial charge in [-0.05, 0) is 26.7 Å². The predicted molar refractivity (Wildman–Crippen MR) is 110 cm³/mol. The van der Waals surface area contributed by atoms with Gasteiger partial charge in [0.05, 0.1) is 38.0 Å². The Balaban J connectivity index is 1.46. The quantitative estimate of drug-likeness (QED) is 0.816. The molecular formula is C18H20ClN5OS2. The van der Waals surface area contributed by atoms with Crippen LogP contribution in [0.2, 0.25) is 0 Å². The summed E-state index contributed by atoms with van der Waals surface area (Å²) < 4.78 is 0. The molecule has 2 aromatic heterocycles. The number of carbonyl (C=O) groups excluding carboxylic acids is 1. The minimum absolute atomic E-state index is 0.0838. The average molecular weight is 422 g/mol. The van der Waals surface area contributed by atoms with Crippen LogP contribution in [0.15, 0.2) is 27.2 Å². The van der Waals surface area contributed by atoms with E-state index in [9.17, 15) is 4.79 Å². The van der Waals surface area contributed by atoms with Crippen molar-refractivity contribution in [2.75, 3.05) is 13.1 Å². The molecule has 4 heterocycles. The van der Waals surface area contributed by atoms with Crippen LogP contribution in [0.25, 0.3) is 0 Å². The number of hydrogen-bond donors (Lipinski definition) is 1. The Morgan fingerprint density at radius 2 is 1.89 bits per heavy atom. The zero-order chi connectivity index (χ0) is 19.0. The van der Waals surface area contributed by atoms with Crippen LogP contribution < -0.4 is 5.32 Å². The molecule has 2 aromatic rings. The highest BCUT2D eigenvalue weighted by Gasteiger charge is 2.31. The van der Waals surface area contributed by atoms with Crippen molar-refractivity contribution in [3.8, 4) is 0 Å². The van der Waals surface area contributed by atoms with Crippen molar-refractivity contribution in [2.45, 2.75) is 32.9 Å². The van der Waals surface area contributed by atoms with Gasteiger partial charge in [-0.1, -0.05) is 11.6 Å². The highest BCUT2D eigenvalue weighted by atomic mass is 35.5. The molecule has 0 saturated carbocycles. The van der Waals surface area contributed by atoms with Gasteiger partial charge in [-0.15, -0.1) is 22.7 Å². The Bertz CT molecular complexity index is 911. The fraction of sp³-hybridized carbons (Fsp3) is 0.444. The lowest BCUT2D eigenvalue weighted by atomic mass is 9.91.